The van der Waals surface area contributed by atoms with Crippen molar-refractivity contribution < 1.29 is 4.79 Å². The van der Waals surface area contributed by atoms with Gasteiger partial charge in [-0.1, -0.05) is 60.7 Å². The van der Waals surface area contributed by atoms with E-state index in [2.05, 4.69) is 44.6 Å². The summed E-state index contributed by atoms with van der Waals surface area (Å²) in [6.07, 6.45) is 3.42. The number of nitrogens with one attached hydrogen (secondary N) is 2. The zero-order valence-electron chi connectivity index (χ0n) is 18.7. The summed E-state index contributed by atoms with van der Waals surface area (Å²) in [4.78, 5) is 26.3. The van der Waals surface area contributed by atoms with Crippen molar-refractivity contribution in [3.05, 3.63) is 114 Å². The van der Waals surface area contributed by atoms with Crippen LogP contribution in [0.1, 0.15) is 34.5 Å². The van der Waals surface area contributed by atoms with Gasteiger partial charge in [-0.15, -0.1) is 0 Å². The summed E-state index contributed by atoms with van der Waals surface area (Å²) in [5.41, 5.74) is 4.34. The van der Waals surface area contributed by atoms with Gasteiger partial charge in [0.2, 0.25) is 5.95 Å². The van der Waals surface area contributed by atoms with Crippen molar-refractivity contribution in [3.8, 4) is 5.82 Å². The molecule has 2 N–H and O–H groups in total. The fraction of sp³-hybridized carbons (Fsp3) is 0.111. The predicted molar refractivity (Wildman–Crippen MR) is 133 cm³/mol. The van der Waals surface area contributed by atoms with Crippen LogP contribution < -0.4 is 10.6 Å². The van der Waals surface area contributed by atoms with Crippen molar-refractivity contribution in [2.24, 2.45) is 0 Å². The number of hydrogen-bond donors (Lipinski definition) is 2. The Bertz CT molecular complexity index is 1420. The monoisotopic (exact) mass is 448 g/mol. The summed E-state index contributed by atoms with van der Waals surface area (Å²) in [6, 6.07) is 27.3. The molecule has 0 aliphatic heterocycles. The van der Waals surface area contributed by atoms with E-state index >= 15 is 0 Å². The first-order valence-corrected chi connectivity index (χ1v) is 11.1. The van der Waals surface area contributed by atoms with Gasteiger partial charge in [-0.25, -0.2) is 9.97 Å². The lowest BCUT2D eigenvalue weighted by atomic mass is 10.1. The van der Waals surface area contributed by atoms with Crippen LogP contribution in [0.25, 0.3) is 16.9 Å². The van der Waals surface area contributed by atoms with E-state index in [0.29, 0.717) is 23.9 Å². The van der Waals surface area contributed by atoms with Crippen molar-refractivity contribution >= 4 is 22.9 Å². The SMILES string of the molecule is C[C@H](Nc1nccc(-n2cnc3ccc(C(=O)NCc4ccccc4)cc32)n1)c1ccccc1. The lowest BCUT2D eigenvalue weighted by Crippen LogP contribution is -2.22. The number of nitrogens with zero attached hydrogens (tertiary/aromatic N) is 4. The second-order valence-electron chi connectivity index (χ2n) is 8.00. The van der Waals surface area contributed by atoms with Gasteiger partial charge in [0, 0.05) is 18.3 Å². The second-order valence-corrected chi connectivity index (χ2v) is 8.00. The maximum atomic E-state index is 12.8. The Kier molecular flexibility index (Phi) is 5.99. The third-order valence-corrected chi connectivity index (χ3v) is 5.64. The van der Waals surface area contributed by atoms with E-state index in [0.717, 1.165) is 22.2 Å². The normalized spacial score (nSPS) is 11.8. The number of fused-ring (bicyclic) bond motifs is 1. The molecular weight excluding hydrogens is 424 g/mol. The molecule has 7 heteroatoms. The van der Waals surface area contributed by atoms with Crippen molar-refractivity contribution in [3.63, 3.8) is 0 Å². The van der Waals surface area contributed by atoms with Crippen molar-refractivity contribution in [2.45, 2.75) is 19.5 Å². The molecule has 0 aliphatic rings. The minimum atomic E-state index is -0.139. The highest BCUT2D eigenvalue weighted by molar-refractivity contribution is 5.97. The number of hydrogen-bond acceptors (Lipinski definition) is 5. The fourth-order valence-corrected chi connectivity index (χ4v) is 3.78. The van der Waals surface area contributed by atoms with Crippen molar-refractivity contribution in [1.82, 2.24) is 24.8 Å². The summed E-state index contributed by atoms with van der Waals surface area (Å²) in [7, 11) is 0. The Morgan fingerprint density at radius 1 is 0.941 bits per heavy atom. The highest BCUT2D eigenvalue weighted by atomic mass is 16.1. The number of benzene rings is 3. The van der Waals surface area contributed by atoms with Crippen molar-refractivity contribution in [1.29, 1.82) is 0 Å². The molecular formula is C27H24N6O. The molecule has 0 unspecified atom stereocenters. The molecule has 3 aromatic carbocycles. The zero-order chi connectivity index (χ0) is 23.3. The Balaban J connectivity index is 1.37. The van der Waals surface area contributed by atoms with Gasteiger partial charge in [-0.3, -0.25) is 9.36 Å². The molecule has 0 aliphatic carbocycles. The molecule has 0 spiro atoms. The smallest absolute Gasteiger partial charge is 0.251 e. The summed E-state index contributed by atoms with van der Waals surface area (Å²) < 4.78 is 1.86. The average molecular weight is 449 g/mol. The Labute approximate surface area is 197 Å². The Morgan fingerprint density at radius 3 is 2.50 bits per heavy atom. The summed E-state index contributed by atoms with van der Waals surface area (Å²) in [5.74, 6) is 1.05. The molecule has 5 aromatic rings. The quantitative estimate of drug-likeness (QED) is 0.369. The number of rotatable bonds is 7. The van der Waals surface area contributed by atoms with Gasteiger partial charge in [-0.2, -0.15) is 4.98 Å². The highest BCUT2D eigenvalue weighted by Gasteiger charge is 2.13. The molecule has 2 heterocycles. The van der Waals surface area contributed by atoms with E-state index in [1.54, 1.807) is 18.6 Å². The third-order valence-electron chi connectivity index (χ3n) is 5.64. The molecule has 0 saturated carbocycles. The molecule has 0 fully saturated rings. The highest BCUT2D eigenvalue weighted by Crippen LogP contribution is 2.21. The van der Waals surface area contributed by atoms with Crippen LogP contribution in [-0.2, 0) is 6.54 Å². The van der Waals surface area contributed by atoms with E-state index < -0.39 is 0 Å². The Hall–Kier alpha value is -4.52. The molecule has 2 aromatic heterocycles. The molecule has 0 saturated heterocycles. The first kappa shape index (κ1) is 21.3. The van der Waals surface area contributed by atoms with E-state index in [4.69, 9.17) is 0 Å². The standard InChI is InChI=1S/C27H24N6O/c1-19(21-10-6-3-7-11-21)31-27-28-15-14-25(32-27)33-18-30-23-13-12-22(16-24(23)33)26(34)29-17-20-8-4-2-5-9-20/h2-16,18-19H,17H2,1H3,(H,29,34)(H,28,31,32)/t19-/m0/s1. The van der Waals surface area contributed by atoms with Gasteiger partial charge in [0.15, 0.2) is 0 Å². The minimum absolute atomic E-state index is 0.0518. The van der Waals surface area contributed by atoms with Crippen LogP contribution in [0.5, 0.6) is 0 Å². The van der Waals surface area contributed by atoms with E-state index in [-0.39, 0.29) is 11.9 Å². The van der Waals surface area contributed by atoms with Gasteiger partial charge >= 0.3 is 0 Å². The van der Waals surface area contributed by atoms with Gasteiger partial charge in [-0.05, 0) is 42.3 Å². The molecule has 0 radical (unpaired) electrons. The lowest BCUT2D eigenvalue weighted by Gasteiger charge is -2.14. The summed E-state index contributed by atoms with van der Waals surface area (Å²) in [5, 5.41) is 6.32. The first-order chi connectivity index (χ1) is 16.7. The third kappa shape index (κ3) is 4.63. The summed E-state index contributed by atoms with van der Waals surface area (Å²) in [6.45, 7) is 2.54. The number of carbonyl (C=O) groups is 1. The van der Waals surface area contributed by atoms with Gasteiger partial charge < -0.3 is 10.6 Å². The maximum Gasteiger partial charge on any atom is 0.251 e. The van der Waals surface area contributed by atoms with Crippen LogP contribution >= 0.6 is 0 Å². The molecule has 168 valence electrons. The number of anilines is 1. The zero-order valence-corrected chi connectivity index (χ0v) is 18.7. The van der Waals surface area contributed by atoms with Gasteiger partial charge in [0.05, 0.1) is 17.1 Å². The van der Waals surface area contributed by atoms with Crippen LogP contribution in [0.3, 0.4) is 0 Å². The molecule has 1 amide bonds. The van der Waals surface area contributed by atoms with Gasteiger partial charge in [0.25, 0.3) is 5.91 Å². The van der Waals surface area contributed by atoms with Crippen LogP contribution in [0.2, 0.25) is 0 Å². The number of carbonyl (C=O) groups excluding carboxylic acids is 1. The summed E-state index contributed by atoms with van der Waals surface area (Å²) >= 11 is 0. The topological polar surface area (TPSA) is 84.7 Å². The Morgan fingerprint density at radius 2 is 1.71 bits per heavy atom. The number of amides is 1. The average Bonchev–Trinajstić information content (AvgIpc) is 3.32. The molecule has 7 nitrogen and oxygen atoms in total. The number of aromatic nitrogens is 4. The van der Waals surface area contributed by atoms with Crippen LogP contribution in [0.15, 0.2) is 97.5 Å². The largest absolute Gasteiger partial charge is 0.348 e. The molecule has 0 bridgehead atoms. The van der Waals surface area contributed by atoms with Crippen LogP contribution in [-0.4, -0.2) is 25.4 Å². The molecule has 34 heavy (non-hydrogen) atoms. The minimum Gasteiger partial charge on any atom is -0.348 e. The lowest BCUT2D eigenvalue weighted by molar-refractivity contribution is 0.0951. The second kappa shape index (κ2) is 9.54. The molecule has 1 atom stereocenters. The van der Waals surface area contributed by atoms with Crippen LogP contribution in [0.4, 0.5) is 5.95 Å². The fourth-order valence-electron chi connectivity index (χ4n) is 3.78. The van der Waals surface area contributed by atoms with E-state index in [9.17, 15) is 4.79 Å². The molecule has 5 rings (SSSR count). The van der Waals surface area contributed by atoms with Crippen molar-refractivity contribution in [2.75, 3.05) is 5.32 Å². The first-order valence-electron chi connectivity index (χ1n) is 11.1. The van der Waals surface area contributed by atoms with Gasteiger partial charge in [0.1, 0.15) is 12.1 Å². The maximum absolute atomic E-state index is 12.8. The van der Waals surface area contributed by atoms with E-state index in [1.165, 1.54) is 0 Å². The predicted octanol–water partition coefficient (Wildman–Crippen LogP) is 4.92. The number of imidazole rings is 1. The van der Waals surface area contributed by atoms with Crippen LogP contribution in [0, 0.1) is 0 Å². The van der Waals surface area contributed by atoms with E-state index in [1.807, 2.05) is 71.3 Å².